The minimum absolute atomic E-state index is 0.144. The van der Waals surface area contributed by atoms with Crippen LogP contribution in [-0.2, 0) is 4.79 Å². The third-order valence-electron chi connectivity index (χ3n) is 4.57. The second-order valence-corrected chi connectivity index (χ2v) is 6.90. The lowest BCUT2D eigenvalue weighted by molar-refractivity contribution is -0.111. The first-order valence-corrected chi connectivity index (χ1v) is 9.11. The molecule has 1 heterocycles. The van der Waals surface area contributed by atoms with Gasteiger partial charge in [0, 0.05) is 35.1 Å². The van der Waals surface area contributed by atoms with Crippen molar-refractivity contribution in [2.24, 2.45) is 0 Å². The monoisotopic (exact) mass is 354 g/mol. The molecule has 0 spiro atoms. The van der Waals surface area contributed by atoms with Gasteiger partial charge < -0.3 is 10.2 Å². The number of hydrogen-bond acceptors (Lipinski definition) is 2. The molecule has 0 bridgehead atoms. The molecule has 130 valence electrons. The van der Waals surface area contributed by atoms with Gasteiger partial charge in [-0.1, -0.05) is 23.7 Å². The van der Waals surface area contributed by atoms with Gasteiger partial charge in [0.1, 0.15) is 0 Å². The summed E-state index contributed by atoms with van der Waals surface area (Å²) >= 11 is 5.85. The van der Waals surface area contributed by atoms with E-state index in [-0.39, 0.29) is 5.91 Å². The van der Waals surface area contributed by atoms with Crippen molar-refractivity contribution in [3.8, 4) is 0 Å². The number of hydrogen-bond donors (Lipinski definition) is 1. The van der Waals surface area contributed by atoms with E-state index >= 15 is 0 Å². The summed E-state index contributed by atoms with van der Waals surface area (Å²) in [5.74, 6) is -0.144. The Kier molecular flexibility index (Phi) is 5.77. The highest BCUT2D eigenvalue weighted by Crippen LogP contribution is 2.25. The zero-order chi connectivity index (χ0) is 17.6. The van der Waals surface area contributed by atoms with Crippen LogP contribution in [0.25, 0.3) is 6.08 Å². The van der Waals surface area contributed by atoms with E-state index in [2.05, 4.69) is 29.3 Å². The van der Waals surface area contributed by atoms with Gasteiger partial charge in [0.15, 0.2) is 0 Å². The Labute approximate surface area is 154 Å². The first-order valence-electron chi connectivity index (χ1n) is 8.73. The first-order chi connectivity index (χ1) is 12.1. The minimum atomic E-state index is -0.144. The molecule has 1 amide bonds. The van der Waals surface area contributed by atoms with Crippen LogP contribution in [0.1, 0.15) is 31.7 Å². The van der Waals surface area contributed by atoms with Crippen molar-refractivity contribution in [2.45, 2.75) is 32.2 Å². The number of nitrogens with one attached hydrogen (secondary N) is 1. The zero-order valence-corrected chi connectivity index (χ0v) is 15.2. The molecule has 25 heavy (non-hydrogen) atoms. The van der Waals surface area contributed by atoms with Crippen molar-refractivity contribution in [3.05, 3.63) is 65.2 Å². The lowest BCUT2D eigenvalue weighted by atomic mass is 10.0. The Morgan fingerprint density at radius 3 is 2.52 bits per heavy atom. The molecule has 4 heteroatoms. The molecule has 1 aliphatic heterocycles. The van der Waals surface area contributed by atoms with Gasteiger partial charge in [0.05, 0.1) is 0 Å². The molecule has 1 saturated heterocycles. The number of nitrogens with zero attached hydrogens (tertiary/aromatic N) is 1. The highest BCUT2D eigenvalue weighted by atomic mass is 35.5. The molecule has 1 atom stereocenters. The van der Waals surface area contributed by atoms with E-state index in [1.807, 2.05) is 24.3 Å². The third kappa shape index (κ3) is 4.86. The standard InChI is InChI=1S/C21H23ClN2O/c1-16-4-2-3-15-24(16)20-12-10-19(11-13-20)23-21(25)14-7-17-5-8-18(22)9-6-17/h5-14,16H,2-4,15H2,1H3,(H,23,25)/b14-7+/t16-/m1/s1. The maximum Gasteiger partial charge on any atom is 0.248 e. The molecule has 2 aromatic rings. The van der Waals surface area contributed by atoms with Crippen molar-refractivity contribution < 1.29 is 4.79 Å². The molecule has 1 aliphatic rings. The smallest absolute Gasteiger partial charge is 0.248 e. The minimum Gasteiger partial charge on any atom is -0.369 e. The second kappa shape index (κ2) is 8.21. The van der Waals surface area contributed by atoms with Crippen molar-refractivity contribution in [1.82, 2.24) is 0 Å². The molecule has 1 fully saturated rings. The largest absolute Gasteiger partial charge is 0.369 e. The van der Waals surface area contributed by atoms with Crippen molar-refractivity contribution in [1.29, 1.82) is 0 Å². The molecule has 0 radical (unpaired) electrons. The van der Waals surface area contributed by atoms with Gasteiger partial charge in [-0.05, 0) is 74.2 Å². The molecular formula is C21H23ClN2O. The topological polar surface area (TPSA) is 32.3 Å². The van der Waals surface area contributed by atoms with Crippen LogP contribution in [0.3, 0.4) is 0 Å². The Morgan fingerprint density at radius 2 is 1.84 bits per heavy atom. The number of halogens is 1. The summed E-state index contributed by atoms with van der Waals surface area (Å²) in [4.78, 5) is 14.5. The zero-order valence-electron chi connectivity index (χ0n) is 14.4. The van der Waals surface area contributed by atoms with Gasteiger partial charge in [-0.15, -0.1) is 0 Å². The molecule has 2 aromatic carbocycles. The van der Waals surface area contributed by atoms with E-state index < -0.39 is 0 Å². The fraction of sp³-hybridized carbons (Fsp3) is 0.286. The van der Waals surface area contributed by atoms with Crippen LogP contribution in [0.2, 0.25) is 5.02 Å². The van der Waals surface area contributed by atoms with E-state index in [1.165, 1.54) is 31.0 Å². The van der Waals surface area contributed by atoms with Crippen LogP contribution in [-0.4, -0.2) is 18.5 Å². The normalized spacial score (nSPS) is 17.7. The van der Waals surface area contributed by atoms with E-state index in [4.69, 9.17) is 11.6 Å². The van der Waals surface area contributed by atoms with Crippen LogP contribution < -0.4 is 10.2 Å². The lowest BCUT2D eigenvalue weighted by Gasteiger charge is -2.35. The number of piperidine rings is 1. The number of benzene rings is 2. The van der Waals surface area contributed by atoms with Crippen LogP contribution in [0, 0.1) is 0 Å². The maximum atomic E-state index is 12.1. The average Bonchev–Trinajstić information content (AvgIpc) is 2.62. The number of carbonyl (C=O) groups is 1. The molecule has 3 rings (SSSR count). The predicted molar refractivity (Wildman–Crippen MR) is 106 cm³/mol. The summed E-state index contributed by atoms with van der Waals surface area (Å²) in [5, 5.41) is 3.58. The summed E-state index contributed by atoms with van der Waals surface area (Å²) in [6.45, 7) is 3.38. The van der Waals surface area contributed by atoms with Gasteiger partial charge in [-0.25, -0.2) is 0 Å². The highest BCUT2D eigenvalue weighted by molar-refractivity contribution is 6.30. The van der Waals surface area contributed by atoms with Crippen LogP contribution in [0.15, 0.2) is 54.6 Å². The van der Waals surface area contributed by atoms with Crippen LogP contribution in [0.5, 0.6) is 0 Å². The molecule has 3 nitrogen and oxygen atoms in total. The quantitative estimate of drug-likeness (QED) is 0.748. The third-order valence-corrected chi connectivity index (χ3v) is 4.82. The predicted octanol–water partition coefficient (Wildman–Crippen LogP) is 5.37. The second-order valence-electron chi connectivity index (χ2n) is 6.46. The van der Waals surface area contributed by atoms with Gasteiger partial charge >= 0.3 is 0 Å². The Bertz CT molecular complexity index is 737. The van der Waals surface area contributed by atoms with Gasteiger partial charge in [0.25, 0.3) is 0 Å². The molecule has 0 aliphatic carbocycles. The highest BCUT2D eigenvalue weighted by Gasteiger charge is 2.18. The fourth-order valence-corrected chi connectivity index (χ4v) is 3.27. The summed E-state index contributed by atoms with van der Waals surface area (Å²) in [5.41, 5.74) is 2.97. The van der Waals surface area contributed by atoms with Crippen molar-refractivity contribution >= 4 is 35.0 Å². The Balaban J connectivity index is 1.59. The molecule has 0 aromatic heterocycles. The number of rotatable bonds is 4. The fourth-order valence-electron chi connectivity index (χ4n) is 3.15. The van der Waals surface area contributed by atoms with Gasteiger partial charge in [0.2, 0.25) is 5.91 Å². The molecular weight excluding hydrogens is 332 g/mol. The van der Waals surface area contributed by atoms with Crippen molar-refractivity contribution in [3.63, 3.8) is 0 Å². The molecule has 0 unspecified atom stereocenters. The first kappa shape index (κ1) is 17.6. The average molecular weight is 355 g/mol. The van der Waals surface area contributed by atoms with Gasteiger partial charge in [-0.3, -0.25) is 4.79 Å². The van der Waals surface area contributed by atoms with Crippen LogP contribution in [0.4, 0.5) is 11.4 Å². The SMILES string of the molecule is C[C@@H]1CCCCN1c1ccc(NC(=O)/C=C/c2ccc(Cl)cc2)cc1. The Morgan fingerprint density at radius 1 is 1.12 bits per heavy atom. The van der Waals surface area contributed by atoms with E-state index in [0.29, 0.717) is 11.1 Å². The van der Waals surface area contributed by atoms with E-state index in [9.17, 15) is 4.79 Å². The van der Waals surface area contributed by atoms with E-state index in [1.54, 1.807) is 18.2 Å². The number of amides is 1. The van der Waals surface area contributed by atoms with Crippen LogP contribution >= 0.6 is 11.6 Å². The summed E-state index contributed by atoms with van der Waals surface area (Å²) in [6.07, 6.45) is 7.11. The molecule has 1 N–H and O–H groups in total. The maximum absolute atomic E-state index is 12.1. The number of anilines is 2. The summed E-state index contributed by atoms with van der Waals surface area (Å²) in [6, 6.07) is 16.0. The molecule has 0 saturated carbocycles. The lowest BCUT2D eigenvalue weighted by Crippen LogP contribution is -2.37. The Hall–Kier alpha value is -2.26. The summed E-state index contributed by atoms with van der Waals surface area (Å²) < 4.78 is 0. The van der Waals surface area contributed by atoms with Gasteiger partial charge in [-0.2, -0.15) is 0 Å². The van der Waals surface area contributed by atoms with Crippen molar-refractivity contribution in [2.75, 3.05) is 16.8 Å². The summed E-state index contributed by atoms with van der Waals surface area (Å²) in [7, 11) is 0. The van der Waals surface area contributed by atoms with E-state index in [0.717, 1.165) is 17.8 Å². The number of carbonyl (C=O) groups excluding carboxylic acids is 1.